The predicted molar refractivity (Wildman–Crippen MR) is 113 cm³/mol. The molecular formula is C22H24BrNO5. The van der Waals surface area contributed by atoms with E-state index in [0.717, 1.165) is 15.6 Å². The maximum Gasteiger partial charge on any atom is 0.343 e. The molecule has 0 atom stereocenters. The minimum atomic E-state index is -0.633. The number of ether oxygens (including phenoxy) is 3. The molecule has 0 spiro atoms. The van der Waals surface area contributed by atoms with Crippen LogP contribution in [-0.2, 0) is 24.5 Å². The highest BCUT2D eigenvalue weighted by molar-refractivity contribution is 9.10. The van der Waals surface area contributed by atoms with Crippen molar-refractivity contribution < 1.29 is 23.8 Å². The van der Waals surface area contributed by atoms with Crippen LogP contribution in [0.5, 0.6) is 5.75 Å². The molecule has 0 radical (unpaired) electrons. The van der Waals surface area contributed by atoms with E-state index in [4.69, 9.17) is 9.47 Å². The zero-order valence-electron chi connectivity index (χ0n) is 16.5. The quantitative estimate of drug-likeness (QED) is 0.658. The smallest absolute Gasteiger partial charge is 0.343 e. The number of hydrogen-bond donors (Lipinski definition) is 1. The second-order valence-electron chi connectivity index (χ2n) is 7.00. The molecule has 0 unspecified atom stereocenters. The van der Waals surface area contributed by atoms with Crippen molar-refractivity contribution in [1.82, 2.24) is 0 Å². The maximum absolute atomic E-state index is 13.4. The van der Waals surface area contributed by atoms with Gasteiger partial charge in [-0.2, -0.15) is 0 Å². The first-order chi connectivity index (χ1) is 13.9. The van der Waals surface area contributed by atoms with Gasteiger partial charge >= 0.3 is 5.97 Å². The number of halogens is 1. The molecule has 0 aliphatic carbocycles. The summed E-state index contributed by atoms with van der Waals surface area (Å²) in [6, 6.07) is 13.2. The summed E-state index contributed by atoms with van der Waals surface area (Å²) in [5.74, 6) is 0.0463. The van der Waals surface area contributed by atoms with Gasteiger partial charge in [0.15, 0.2) is 6.61 Å². The minimum Gasteiger partial charge on any atom is -0.482 e. The highest BCUT2D eigenvalue weighted by Gasteiger charge is 2.41. The number of anilines is 1. The third-order valence-corrected chi connectivity index (χ3v) is 5.74. The molecule has 2 aromatic carbocycles. The molecule has 0 saturated carbocycles. The summed E-state index contributed by atoms with van der Waals surface area (Å²) < 4.78 is 16.5. The molecule has 1 amide bonds. The van der Waals surface area contributed by atoms with E-state index in [0.29, 0.717) is 37.5 Å². The Balaban J connectivity index is 1.79. The lowest BCUT2D eigenvalue weighted by atomic mass is 9.73. The van der Waals surface area contributed by atoms with Crippen LogP contribution in [0.25, 0.3) is 0 Å². The molecule has 2 aromatic rings. The Morgan fingerprint density at radius 1 is 1.14 bits per heavy atom. The Kier molecular flexibility index (Phi) is 6.92. The van der Waals surface area contributed by atoms with Gasteiger partial charge in [-0.05, 0) is 61.2 Å². The normalized spacial score (nSPS) is 15.4. The Morgan fingerprint density at radius 2 is 1.83 bits per heavy atom. The molecule has 0 bridgehead atoms. The number of benzene rings is 2. The van der Waals surface area contributed by atoms with Gasteiger partial charge in [-0.3, -0.25) is 4.79 Å². The number of amides is 1. The van der Waals surface area contributed by atoms with Gasteiger partial charge in [-0.15, -0.1) is 0 Å². The Labute approximate surface area is 178 Å². The van der Waals surface area contributed by atoms with Crippen LogP contribution < -0.4 is 10.1 Å². The second kappa shape index (κ2) is 9.41. The van der Waals surface area contributed by atoms with Gasteiger partial charge in [0.05, 0.1) is 12.5 Å². The summed E-state index contributed by atoms with van der Waals surface area (Å²) in [4.78, 5) is 24.6. The van der Waals surface area contributed by atoms with Crippen molar-refractivity contribution in [2.75, 3.05) is 32.2 Å². The molecule has 3 rings (SSSR count). The number of nitrogens with one attached hydrogen (secondary N) is 1. The monoisotopic (exact) mass is 461 g/mol. The molecule has 0 aromatic heterocycles. The van der Waals surface area contributed by atoms with Crippen molar-refractivity contribution in [2.45, 2.75) is 25.2 Å². The highest BCUT2D eigenvalue weighted by Crippen LogP contribution is 2.37. The summed E-state index contributed by atoms with van der Waals surface area (Å²) >= 11 is 3.45. The Bertz CT molecular complexity index is 875. The van der Waals surface area contributed by atoms with Crippen LogP contribution in [0, 0.1) is 6.92 Å². The van der Waals surface area contributed by atoms with Gasteiger partial charge in [0.2, 0.25) is 5.91 Å². The van der Waals surface area contributed by atoms with Crippen LogP contribution in [0.2, 0.25) is 0 Å². The van der Waals surface area contributed by atoms with Gasteiger partial charge in [0.25, 0.3) is 0 Å². The molecule has 1 heterocycles. The van der Waals surface area contributed by atoms with E-state index in [9.17, 15) is 9.59 Å². The van der Waals surface area contributed by atoms with Gasteiger partial charge in [0.1, 0.15) is 5.75 Å². The van der Waals surface area contributed by atoms with Crippen LogP contribution in [-0.4, -0.2) is 38.8 Å². The fourth-order valence-corrected chi connectivity index (χ4v) is 3.71. The molecule has 154 valence electrons. The fourth-order valence-electron chi connectivity index (χ4n) is 3.44. The topological polar surface area (TPSA) is 73.9 Å². The lowest BCUT2D eigenvalue weighted by Crippen LogP contribution is -2.44. The molecule has 1 saturated heterocycles. The van der Waals surface area contributed by atoms with Crippen molar-refractivity contribution in [1.29, 1.82) is 0 Å². The summed E-state index contributed by atoms with van der Waals surface area (Å²) in [6.07, 6.45) is 1.25. The average Bonchev–Trinajstić information content (AvgIpc) is 2.74. The number of methoxy groups -OCH3 is 1. The van der Waals surface area contributed by atoms with Crippen molar-refractivity contribution in [2.24, 2.45) is 0 Å². The average molecular weight is 462 g/mol. The van der Waals surface area contributed by atoms with Crippen molar-refractivity contribution >= 4 is 33.5 Å². The number of rotatable bonds is 6. The minimum absolute atomic E-state index is 0.0468. The van der Waals surface area contributed by atoms with E-state index in [1.165, 1.54) is 7.11 Å². The summed E-state index contributed by atoms with van der Waals surface area (Å²) in [6.45, 7) is 2.82. The van der Waals surface area contributed by atoms with Crippen LogP contribution in [0.3, 0.4) is 0 Å². The molecule has 1 aliphatic rings. The SMILES string of the molecule is COC(=O)COc1ccc(NC(=O)C2(c3ccc(Br)cc3)CCOCC2)c(C)c1. The van der Waals surface area contributed by atoms with Crippen LogP contribution in [0.15, 0.2) is 46.9 Å². The molecular weight excluding hydrogens is 438 g/mol. The van der Waals surface area contributed by atoms with Gasteiger partial charge in [-0.25, -0.2) is 4.79 Å². The van der Waals surface area contributed by atoms with Crippen molar-refractivity contribution in [3.8, 4) is 5.75 Å². The number of carbonyl (C=O) groups excluding carboxylic acids is 2. The fraction of sp³-hybridized carbons (Fsp3) is 0.364. The molecule has 1 N–H and O–H groups in total. The molecule has 6 nitrogen and oxygen atoms in total. The summed E-state index contributed by atoms with van der Waals surface area (Å²) in [5.41, 5.74) is 1.91. The van der Waals surface area contributed by atoms with E-state index in [2.05, 4.69) is 26.0 Å². The largest absolute Gasteiger partial charge is 0.482 e. The molecule has 29 heavy (non-hydrogen) atoms. The second-order valence-corrected chi connectivity index (χ2v) is 7.91. The van der Waals surface area contributed by atoms with E-state index in [1.54, 1.807) is 18.2 Å². The molecule has 7 heteroatoms. The van der Waals surface area contributed by atoms with E-state index in [-0.39, 0.29) is 12.5 Å². The van der Waals surface area contributed by atoms with Gasteiger partial charge < -0.3 is 19.5 Å². The third kappa shape index (κ3) is 4.97. The first-order valence-corrected chi connectivity index (χ1v) is 10.2. The molecule has 1 fully saturated rings. The molecule has 1 aliphatic heterocycles. The number of hydrogen-bond acceptors (Lipinski definition) is 5. The summed E-state index contributed by atoms with van der Waals surface area (Å²) in [7, 11) is 1.31. The lowest BCUT2D eigenvalue weighted by molar-refractivity contribution is -0.142. The van der Waals surface area contributed by atoms with Gasteiger partial charge in [-0.1, -0.05) is 28.1 Å². The Morgan fingerprint density at radius 3 is 2.45 bits per heavy atom. The number of carbonyl (C=O) groups is 2. The Hall–Kier alpha value is -2.38. The van der Waals surface area contributed by atoms with Crippen LogP contribution in [0.4, 0.5) is 5.69 Å². The predicted octanol–water partition coefficient (Wildman–Crippen LogP) is 4.00. The summed E-state index contributed by atoms with van der Waals surface area (Å²) in [5, 5.41) is 3.08. The van der Waals surface area contributed by atoms with Crippen molar-refractivity contribution in [3.63, 3.8) is 0 Å². The maximum atomic E-state index is 13.4. The third-order valence-electron chi connectivity index (χ3n) is 5.21. The first-order valence-electron chi connectivity index (χ1n) is 9.40. The first kappa shape index (κ1) is 21.3. The van der Waals surface area contributed by atoms with Gasteiger partial charge in [0, 0.05) is 23.4 Å². The number of aryl methyl sites for hydroxylation is 1. The standard InChI is InChI=1S/C22H24BrNO5/c1-15-13-18(29-14-20(25)27-2)7-8-19(15)24-21(26)22(9-11-28-12-10-22)16-3-5-17(23)6-4-16/h3-8,13H,9-12,14H2,1-2H3,(H,24,26). The van der Waals surface area contributed by atoms with E-state index >= 15 is 0 Å². The highest BCUT2D eigenvalue weighted by atomic mass is 79.9. The van der Waals surface area contributed by atoms with E-state index < -0.39 is 11.4 Å². The number of esters is 1. The zero-order valence-corrected chi connectivity index (χ0v) is 18.1. The van der Waals surface area contributed by atoms with Crippen LogP contribution >= 0.6 is 15.9 Å². The zero-order chi connectivity index (χ0) is 20.9. The van der Waals surface area contributed by atoms with Crippen LogP contribution in [0.1, 0.15) is 24.0 Å². The lowest BCUT2D eigenvalue weighted by Gasteiger charge is -2.36. The van der Waals surface area contributed by atoms with E-state index in [1.807, 2.05) is 31.2 Å². The van der Waals surface area contributed by atoms with Crippen molar-refractivity contribution in [3.05, 3.63) is 58.1 Å².